The molecule has 3 nitrogen and oxygen atoms in total. The SMILES string of the molecule is CN(C(N)=N[C@@H]1C[C@H]1c1ccc(Cl)cc1Cl)C1CC1.I. The predicted molar refractivity (Wildman–Crippen MR) is 95.4 cm³/mol. The number of benzene rings is 1. The first kappa shape index (κ1) is 16.2. The molecule has 0 spiro atoms. The van der Waals surface area contributed by atoms with Gasteiger partial charge < -0.3 is 10.6 Å². The number of nitrogens with two attached hydrogens (primary N) is 1. The monoisotopic (exact) mass is 425 g/mol. The fourth-order valence-corrected chi connectivity index (χ4v) is 2.92. The molecule has 1 aromatic carbocycles. The molecule has 0 heterocycles. The van der Waals surface area contributed by atoms with Gasteiger partial charge in [-0.05, 0) is 37.0 Å². The van der Waals surface area contributed by atoms with E-state index in [4.69, 9.17) is 28.9 Å². The molecule has 0 amide bonds. The Hall–Kier alpha value is -0.200. The summed E-state index contributed by atoms with van der Waals surface area (Å²) in [6.07, 6.45) is 3.47. The van der Waals surface area contributed by atoms with Gasteiger partial charge in [-0.3, -0.25) is 0 Å². The molecule has 2 aliphatic carbocycles. The van der Waals surface area contributed by atoms with Crippen LogP contribution in [0.2, 0.25) is 10.0 Å². The first-order valence-electron chi connectivity index (χ1n) is 6.57. The number of rotatable bonds is 3. The van der Waals surface area contributed by atoms with Gasteiger partial charge in [-0.25, -0.2) is 4.99 Å². The van der Waals surface area contributed by atoms with Crippen molar-refractivity contribution in [2.75, 3.05) is 7.05 Å². The van der Waals surface area contributed by atoms with E-state index in [2.05, 4.69) is 9.89 Å². The lowest BCUT2D eigenvalue weighted by Gasteiger charge is -2.16. The van der Waals surface area contributed by atoms with Crippen molar-refractivity contribution in [3.63, 3.8) is 0 Å². The number of nitrogens with zero attached hydrogens (tertiary/aromatic N) is 2. The predicted octanol–water partition coefficient (Wildman–Crippen LogP) is 3.88. The highest BCUT2D eigenvalue weighted by atomic mass is 127. The number of guanidine groups is 1. The van der Waals surface area contributed by atoms with E-state index < -0.39 is 0 Å². The van der Waals surface area contributed by atoms with E-state index in [9.17, 15) is 0 Å². The van der Waals surface area contributed by atoms with Gasteiger partial charge in [0.2, 0.25) is 0 Å². The second-order valence-electron chi connectivity index (χ2n) is 5.40. The first-order valence-corrected chi connectivity index (χ1v) is 7.33. The molecule has 2 atom stereocenters. The summed E-state index contributed by atoms with van der Waals surface area (Å²) in [4.78, 5) is 6.68. The molecule has 2 fully saturated rings. The molecular weight excluding hydrogens is 408 g/mol. The summed E-state index contributed by atoms with van der Waals surface area (Å²) in [6.45, 7) is 0. The number of aliphatic imine (C=N–C) groups is 1. The van der Waals surface area contributed by atoms with Crippen LogP contribution in [-0.4, -0.2) is 30.0 Å². The van der Waals surface area contributed by atoms with E-state index in [1.807, 2.05) is 19.2 Å². The molecule has 0 saturated heterocycles. The van der Waals surface area contributed by atoms with Crippen LogP contribution in [0.4, 0.5) is 0 Å². The van der Waals surface area contributed by atoms with Crippen LogP contribution in [0.3, 0.4) is 0 Å². The van der Waals surface area contributed by atoms with Crippen LogP contribution < -0.4 is 5.73 Å². The summed E-state index contributed by atoms with van der Waals surface area (Å²) < 4.78 is 0. The third-order valence-corrected chi connectivity index (χ3v) is 4.44. The minimum atomic E-state index is 0. The topological polar surface area (TPSA) is 41.6 Å². The van der Waals surface area contributed by atoms with Gasteiger partial charge in [0.1, 0.15) is 0 Å². The van der Waals surface area contributed by atoms with E-state index >= 15 is 0 Å². The van der Waals surface area contributed by atoms with Crippen molar-refractivity contribution in [1.29, 1.82) is 0 Å². The molecule has 3 rings (SSSR count). The van der Waals surface area contributed by atoms with E-state index in [0.29, 0.717) is 22.9 Å². The van der Waals surface area contributed by atoms with Crippen molar-refractivity contribution in [3.05, 3.63) is 33.8 Å². The quantitative estimate of drug-likeness (QED) is 0.453. The normalized spacial score (nSPS) is 25.1. The third kappa shape index (κ3) is 3.52. The average molecular weight is 426 g/mol. The van der Waals surface area contributed by atoms with Gasteiger partial charge in [-0.1, -0.05) is 29.3 Å². The summed E-state index contributed by atoms with van der Waals surface area (Å²) in [5.41, 5.74) is 7.15. The van der Waals surface area contributed by atoms with Gasteiger partial charge in [-0.2, -0.15) is 0 Å². The zero-order chi connectivity index (χ0) is 13.6. The highest BCUT2D eigenvalue weighted by Crippen LogP contribution is 2.46. The van der Waals surface area contributed by atoms with Crippen molar-refractivity contribution >= 4 is 53.1 Å². The molecule has 2 saturated carbocycles. The van der Waals surface area contributed by atoms with E-state index in [1.54, 1.807) is 6.07 Å². The van der Waals surface area contributed by atoms with Crippen molar-refractivity contribution in [2.45, 2.75) is 37.3 Å². The lowest BCUT2D eigenvalue weighted by Crippen LogP contribution is -2.36. The molecular formula is C14H18Cl2IN3. The van der Waals surface area contributed by atoms with Crippen LogP contribution in [0.1, 0.15) is 30.7 Å². The van der Waals surface area contributed by atoms with E-state index in [-0.39, 0.29) is 30.0 Å². The van der Waals surface area contributed by atoms with Crippen LogP contribution in [-0.2, 0) is 0 Å². The molecule has 0 radical (unpaired) electrons. The van der Waals surface area contributed by atoms with Crippen LogP contribution in [0.5, 0.6) is 0 Å². The maximum Gasteiger partial charge on any atom is 0.191 e. The van der Waals surface area contributed by atoms with E-state index in [1.165, 1.54) is 12.8 Å². The van der Waals surface area contributed by atoms with Crippen LogP contribution >= 0.6 is 47.2 Å². The Morgan fingerprint density at radius 3 is 2.65 bits per heavy atom. The summed E-state index contributed by atoms with van der Waals surface area (Å²) in [5, 5.41) is 1.40. The highest BCUT2D eigenvalue weighted by molar-refractivity contribution is 14.0. The fourth-order valence-electron chi connectivity index (χ4n) is 2.37. The molecule has 1 aromatic rings. The van der Waals surface area contributed by atoms with Crippen LogP contribution in [0.15, 0.2) is 23.2 Å². The molecule has 20 heavy (non-hydrogen) atoms. The largest absolute Gasteiger partial charge is 0.370 e. The molecule has 110 valence electrons. The maximum absolute atomic E-state index is 6.21. The standard InChI is InChI=1S/C14H17Cl2N3.HI/c1-19(9-3-4-9)14(17)18-13-7-11(13)10-5-2-8(15)6-12(10)16;/h2,5-6,9,11,13H,3-4,7H2,1H3,(H2,17,18);1H/t11-,13+;/m0./s1. The summed E-state index contributed by atoms with van der Waals surface area (Å²) in [7, 11) is 2.02. The maximum atomic E-state index is 6.21. The van der Waals surface area contributed by atoms with E-state index in [0.717, 1.165) is 17.0 Å². The Bertz CT molecular complexity index is 531. The summed E-state index contributed by atoms with van der Waals surface area (Å²) >= 11 is 12.1. The number of halogens is 3. The Kier molecular flexibility index (Phi) is 5.08. The first-order chi connectivity index (χ1) is 9.06. The lowest BCUT2D eigenvalue weighted by atomic mass is 10.1. The minimum Gasteiger partial charge on any atom is -0.370 e. The molecule has 0 aromatic heterocycles. The Labute approximate surface area is 146 Å². The van der Waals surface area contributed by atoms with Crippen molar-refractivity contribution < 1.29 is 0 Å². The van der Waals surface area contributed by atoms with Gasteiger partial charge >= 0.3 is 0 Å². The van der Waals surface area contributed by atoms with Crippen molar-refractivity contribution in [1.82, 2.24) is 4.90 Å². The summed E-state index contributed by atoms with van der Waals surface area (Å²) in [5.74, 6) is 1.04. The lowest BCUT2D eigenvalue weighted by molar-refractivity contribution is 0.487. The minimum absolute atomic E-state index is 0. The van der Waals surface area contributed by atoms with Crippen molar-refractivity contribution in [2.24, 2.45) is 10.7 Å². The fraction of sp³-hybridized carbons (Fsp3) is 0.500. The molecule has 6 heteroatoms. The molecule has 2 N–H and O–H groups in total. The second kappa shape index (κ2) is 6.28. The Balaban J connectivity index is 0.00000147. The molecule has 0 aliphatic heterocycles. The highest BCUT2D eigenvalue weighted by Gasteiger charge is 2.40. The zero-order valence-electron chi connectivity index (χ0n) is 11.2. The Morgan fingerprint density at radius 2 is 2.05 bits per heavy atom. The van der Waals surface area contributed by atoms with Crippen molar-refractivity contribution in [3.8, 4) is 0 Å². The second-order valence-corrected chi connectivity index (χ2v) is 6.25. The molecule has 0 bridgehead atoms. The number of hydrogen-bond donors (Lipinski definition) is 1. The molecule has 0 unspecified atom stereocenters. The third-order valence-electron chi connectivity index (χ3n) is 3.87. The van der Waals surface area contributed by atoms with Gasteiger partial charge in [0.25, 0.3) is 0 Å². The van der Waals surface area contributed by atoms with Crippen LogP contribution in [0.25, 0.3) is 0 Å². The average Bonchev–Trinajstić information content (AvgIpc) is 3.22. The smallest absolute Gasteiger partial charge is 0.191 e. The van der Waals surface area contributed by atoms with Gasteiger partial charge in [-0.15, -0.1) is 24.0 Å². The van der Waals surface area contributed by atoms with Gasteiger partial charge in [0.15, 0.2) is 5.96 Å². The van der Waals surface area contributed by atoms with Crippen LogP contribution in [0, 0.1) is 0 Å². The van der Waals surface area contributed by atoms with Gasteiger partial charge in [0.05, 0.1) is 6.04 Å². The number of hydrogen-bond acceptors (Lipinski definition) is 1. The Morgan fingerprint density at radius 1 is 1.35 bits per heavy atom. The zero-order valence-corrected chi connectivity index (χ0v) is 15.1. The summed E-state index contributed by atoms with van der Waals surface area (Å²) in [6, 6.07) is 6.52. The molecule has 2 aliphatic rings. The van der Waals surface area contributed by atoms with Gasteiger partial charge in [0, 0.05) is 29.1 Å².